The normalized spacial score (nSPS) is 15.1. The van der Waals surface area contributed by atoms with Crippen LogP contribution in [0.15, 0.2) is 42.5 Å². The minimum atomic E-state index is -0.973. The highest BCUT2D eigenvalue weighted by Gasteiger charge is 2.42. The number of rotatable bonds is 13. The van der Waals surface area contributed by atoms with Crippen LogP contribution in [0.25, 0.3) is 0 Å². The van der Waals surface area contributed by atoms with E-state index in [1.165, 1.54) is 5.56 Å². The molecule has 3 N–H and O–H groups in total. The number of primary amides is 1. The lowest BCUT2D eigenvalue weighted by molar-refractivity contribution is -0.123. The van der Waals surface area contributed by atoms with Crippen LogP contribution in [0.1, 0.15) is 82.0 Å². The number of ether oxygens (including phenoxy) is 2. The number of benzene rings is 2. The number of carbonyl (C=O) groups is 2. The topological polar surface area (TPSA) is 93.9 Å². The van der Waals surface area contributed by atoms with Gasteiger partial charge in [0.2, 0.25) is 5.91 Å². The maximum absolute atomic E-state index is 13.7. The summed E-state index contributed by atoms with van der Waals surface area (Å²) in [5.41, 5.74) is 7.95. The van der Waals surface area contributed by atoms with Crippen molar-refractivity contribution >= 4 is 11.9 Å². The van der Waals surface area contributed by atoms with Crippen molar-refractivity contribution < 1.29 is 19.1 Å². The molecule has 7 heteroatoms. The van der Waals surface area contributed by atoms with Gasteiger partial charge in [-0.15, -0.1) is 0 Å². The fraction of sp³-hybridized carbons (Fsp3) is 0.533. The van der Waals surface area contributed by atoms with Gasteiger partial charge in [-0.25, -0.2) is 4.79 Å². The van der Waals surface area contributed by atoms with E-state index in [-0.39, 0.29) is 12.1 Å². The molecule has 2 aromatic carbocycles. The molecule has 0 radical (unpaired) electrons. The second kappa shape index (κ2) is 13.4. The number of urea groups is 1. The molecule has 1 fully saturated rings. The molecule has 2 aromatic rings. The molecule has 0 spiro atoms. The summed E-state index contributed by atoms with van der Waals surface area (Å²) in [6, 6.07) is 13.8. The standard InChI is InChI=1S/C30H43N3O4/c1-5-36-26-20-25(21-27(22(26)3)37-6-2)23(4)33(19-13-10-16-24-14-8-7-9-15-24)29(35)32-30(28(31)34)17-11-12-18-30/h7-9,14-15,20-21,23H,5-6,10-13,16-19H2,1-4H3,(H2,31,34)(H,32,35). The van der Waals surface area contributed by atoms with Gasteiger partial charge in [-0.3, -0.25) is 4.79 Å². The minimum absolute atomic E-state index is 0.260. The van der Waals surface area contributed by atoms with Crippen molar-refractivity contribution in [1.29, 1.82) is 0 Å². The molecule has 0 heterocycles. The molecule has 0 bridgehead atoms. The maximum Gasteiger partial charge on any atom is 0.318 e. The molecule has 0 saturated heterocycles. The average Bonchev–Trinajstić information content (AvgIpc) is 3.36. The zero-order valence-electron chi connectivity index (χ0n) is 22.8. The van der Waals surface area contributed by atoms with E-state index in [4.69, 9.17) is 15.2 Å². The molecule has 1 aliphatic carbocycles. The zero-order valence-corrected chi connectivity index (χ0v) is 22.8. The quantitative estimate of drug-likeness (QED) is 0.339. The van der Waals surface area contributed by atoms with Gasteiger partial charge >= 0.3 is 6.03 Å². The first kappa shape index (κ1) is 28.4. The molecule has 0 aliphatic heterocycles. The predicted octanol–water partition coefficient (Wildman–Crippen LogP) is 5.69. The summed E-state index contributed by atoms with van der Waals surface area (Å²) >= 11 is 0. The van der Waals surface area contributed by atoms with E-state index in [9.17, 15) is 9.59 Å². The Kier molecular flexibility index (Phi) is 10.2. The van der Waals surface area contributed by atoms with Crippen LogP contribution < -0.4 is 20.5 Å². The smallest absolute Gasteiger partial charge is 0.318 e. The number of nitrogens with zero attached hydrogens (tertiary/aromatic N) is 1. The number of unbranched alkanes of at least 4 members (excludes halogenated alkanes) is 1. The van der Waals surface area contributed by atoms with Gasteiger partial charge in [0, 0.05) is 12.1 Å². The third kappa shape index (κ3) is 7.18. The SMILES string of the molecule is CCOc1cc(C(C)N(CCCCc2ccccc2)C(=O)NC2(C(N)=O)CCCC2)cc(OCC)c1C. The van der Waals surface area contributed by atoms with Gasteiger partial charge in [0.15, 0.2) is 0 Å². The lowest BCUT2D eigenvalue weighted by Gasteiger charge is -2.35. The molecule has 1 atom stereocenters. The van der Waals surface area contributed by atoms with Gasteiger partial charge in [-0.05, 0) is 83.1 Å². The fourth-order valence-corrected chi connectivity index (χ4v) is 5.13. The number of hydrogen-bond acceptors (Lipinski definition) is 4. The Morgan fingerprint density at radius 2 is 1.62 bits per heavy atom. The number of nitrogens with two attached hydrogens (primary N) is 1. The molecule has 1 saturated carbocycles. The second-order valence-electron chi connectivity index (χ2n) is 9.90. The Bertz CT molecular complexity index is 1010. The van der Waals surface area contributed by atoms with Crippen LogP contribution in [0.4, 0.5) is 4.79 Å². The van der Waals surface area contributed by atoms with Gasteiger partial charge in [-0.1, -0.05) is 43.2 Å². The maximum atomic E-state index is 13.7. The van der Waals surface area contributed by atoms with Crippen LogP contribution in [0.3, 0.4) is 0 Å². The first-order valence-corrected chi connectivity index (χ1v) is 13.6. The van der Waals surface area contributed by atoms with Crippen molar-refractivity contribution in [2.75, 3.05) is 19.8 Å². The third-order valence-electron chi connectivity index (χ3n) is 7.38. The molecule has 3 amide bonds. The van der Waals surface area contributed by atoms with E-state index >= 15 is 0 Å². The van der Waals surface area contributed by atoms with Crippen LogP contribution in [0.2, 0.25) is 0 Å². The van der Waals surface area contributed by atoms with Crippen molar-refractivity contribution in [1.82, 2.24) is 10.2 Å². The van der Waals surface area contributed by atoms with Crippen LogP contribution >= 0.6 is 0 Å². The number of nitrogens with one attached hydrogen (secondary N) is 1. The average molecular weight is 510 g/mol. The molecule has 1 aliphatic rings. The molecule has 1 unspecified atom stereocenters. The van der Waals surface area contributed by atoms with E-state index in [0.29, 0.717) is 32.6 Å². The molecule has 3 rings (SSSR count). The van der Waals surface area contributed by atoms with E-state index < -0.39 is 11.4 Å². The zero-order chi connectivity index (χ0) is 26.8. The Hall–Kier alpha value is -3.22. The monoisotopic (exact) mass is 509 g/mol. The fourth-order valence-electron chi connectivity index (χ4n) is 5.13. The van der Waals surface area contributed by atoms with Gasteiger partial charge in [0.05, 0.1) is 19.3 Å². The Balaban J connectivity index is 1.85. The van der Waals surface area contributed by atoms with E-state index in [0.717, 1.165) is 54.7 Å². The minimum Gasteiger partial charge on any atom is -0.493 e. The van der Waals surface area contributed by atoms with Gasteiger partial charge < -0.3 is 25.4 Å². The summed E-state index contributed by atoms with van der Waals surface area (Å²) in [7, 11) is 0. The van der Waals surface area contributed by atoms with Crippen LogP contribution in [-0.4, -0.2) is 42.1 Å². The number of amides is 3. The molecular formula is C30H43N3O4. The van der Waals surface area contributed by atoms with Crippen LogP contribution in [-0.2, 0) is 11.2 Å². The van der Waals surface area contributed by atoms with Crippen molar-refractivity contribution in [3.63, 3.8) is 0 Å². The Morgan fingerprint density at radius 1 is 1.03 bits per heavy atom. The van der Waals surface area contributed by atoms with Crippen LogP contribution in [0, 0.1) is 6.92 Å². The summed E-state index contributed by atoms with van der Waals surface area (Å²) in [6.07, 6.45) is 5.65. The van der Waals surface area contributed by atoms with Gasteiger partial charge in [0.1, 0.15) is 17.0 Å². The summed E-state index contributed by atoms with van der Waals surface area (Å²) in [6.45, 7) is 9.52. The van der Waals surface area contributed by atoms with E-state index in [2.05, 4.69) is 17.4 Å². The number of hydrogen-bond donors (Lipinski definition) is 2. The van der Waals surface area contributed by atoms with Crippen molar-refractivity contribution in [3.05, 3.63) is 59.2 Å². The van der Waals surface area contributed by atoms with E-state index in [1.54, 1.807) is 0 Å². The Morgan fingerprint density at radius 3 is 2.16 bits per heavy atom. The highest BCUT2D eigenvalue weighted by molar-refractivity contribution is 5.90. The van der Waals surface area contributed by atoms with Crippen LogP contribution in [0.5, 0.6) is 11.5 Å². The number of aryl methyl sites for hydroxylation is 1. The molecule has 0 aromatic heterocycles. The lowest BCUT2D eigenvalue weighted by Crippen LogP contribution is -2.59. The second-order valence-corrected chi connectivity index (χ2v) is 9.90. The molecule has 37 heavy (non-hydrogen) atoms. The molecular weight excluding hydrogens is 466 g/mol. The van der Waals surface area contributed by atoms with Crippen molar-refractivity contribution in [3.8, 4) is 11.5 Å². The third-order valence-corrected chi connectivity index (χ3v) is 7.38. The number of carbonyl (C=O) groups excluding carboxylic acids is 2. The predicted molar refractivity (Wildman–Crippen MR) is 147 cm³/mol. The summed E-state index contributed by atoms with van der Waals surface area (Å²) in [4.78, 5) is 27.9. The summed E-state index contributed by atoms with van der Waals surface area (Å²) < 4.78 is 11.8. The highest BCUT2D eigenvalue weighted by Crippen LogP contribution is 2.35. The molecule has 7 nitrogen and oxygen atoms in total. The van der Waals surface area contributed by atoms with Gasteiger partial charge in [-0.2, -0.15) is 0 Å². The highest BCUT2D eigenvalue weighted by atomic mass is 16.5. The van der Waals surface area contributed by atoms with E-state index in [1.807, 2.05) is 62.9 Å². The molecule has 202 valence electrons. The summed E-state index contributed by atoms with van der Waals surface area (Å²) in [5, 5.41) is 3.04. The summed E-state index contributed by atoms with van der Waals surface area (Å²) in [5.74, 6) is 1.05. The Labute approximate surface area is 221 Å². The largest absolute Gasteiger partial charge is 0.493 e. The first-order valence-electron chi connectivity index (χ1n) is 13.6. The van der Waals surface area contributed by atoms with Gasteiger partial charge in [0.25, 0.3) is 0 Å². The van der Waals surface area contributed by atoms with Crippen molar-refractivity contribution in [2.45, 2.75) is 84.2 Å². The first-order chi connectivity index (χ1) is 17.8. The van der Waals surface area contributed by atoms with Crippen molar-refractivity contribution in [2.24, 2.45) is 5.73 Å². The lowest BCUT2D eigenvalue weighted by atomic mass is 9.96.